The van der Waals surface area contributed by atoms with Gasteiger partial charge in [-0.3, -0.25) is 9.78 Å². The average Bonchev–Trinajstić information content (AvgIpc) is 3.71. The number of para-hydroxylation sites is 3. The summed E-state index contributed by atoms with van der Waals surface area (Å²) in [4.78, 5) is 21.7. The van der Waals surface area contributed by atoms with Crippen molar-refractivity contribution < 1.29 is 19.4 Å². The number of benzene rings is 5. The normalized spacial score (nSPS) is 18.4. The topological polar surface area (TPSA) is 137 Å². The fourth-order valence-electron chi connectivity index (χ4n) is 6.50. The number of nitrogens with zero attached hydrogens (tertiary/aromatic N) is 6. The molecule has 0 bridgehead atoms. The predicted molar refractivity (Wildman–Crippen MR) is 205 cm³/mol. The van der Waals surface area contributed by atoms with Crippen LogP contribution in [0.3, 0.4) is 0 Å². The lowest BCUT2D eigenvalue weighted by atomic mass is 9.91. The summed E-state index contributed by atoms with van der Waals surface area (Å²) in [5.41, 5.74) is 8.34. The molecule has 1 fully saturated rings. The number of hydrogen-bond donors (Lipinski definition) is 2. The number of hydrogen-bond acceptors (Lipinski definition) is 10. The van der Waals surface area contributed by atoms with Crippen molar-refractivity contribution in [2.45, 2.75) is 43.7 Å². The van der Waals surface area contributed by atoms with E-state index in [4.69, 9.17) is 9.47 Å². The van der Waals surface area contributed by atoms with Crippen molar-refractivity contribution in [3.05, 3.63) is 162 Å². The van der Waals surface area contributed by atoms with Crippen molar-refractivity contribution in [2.24, 2.45) is 5.92 Å². The number of aromatic nitrogens is 6. The zero-order valence-corrected chi connectivity index (χ0v) is 30.2. The van der Waals surface area contributed by atoms with Gasteiger partial charge in [0.05, 0.1) is 41.7 Å². The molecule has 12 heteroatoms. The molecule has 5 aromatic carbocycles. The monoisotopic (exact) mass is 735 g/mol. The number of rotatable bonds is 11. The van der Waals surface area contributed by atoms with Gasteiger partial charge in [0.25, 0.3) is 5.91 Å². The van der Waals surface area contributed by atoms with Crippen molar-refractivity contribution in [2.75, 3.05) is 5.75 Å². The third kappa shape index (κ3) is 7.78. The molecular weight excluding hydrogens is 699 g/mol. The highest BCUT2D eigenvalue weighted by Crippen LogP contribution is 2.43. The zero-order valence-electron chi connectivity index (χ0n) is 29.4. The summed E-state index contributed by atoms with van der Waals surface area (Å²) in [5.74, 6) is 0.332. The van der Waals surface area contributed by atoms with Crippen molar-refractivity contribution in [1.29, 1.82) is 0 Å². The van der Waals surface area contributed by atoms with Gasteiger partial charge in [-0.25, -0.2) is 4.98 Å². The summed E-state index contributed by atoms with van der Waals surface area (Å²) in [6.07, 6.45) is 0.444. The van der Waals surface area contributed by atoms with Crippen molar-refractivity contribution >= 4 is 28.7 Å². The summed E-state index contributed by atoms with van der Waals surface area (Å²) in [6.45, 7) is 2.46. The quantitative estimate of drug-likeness (QED) is 0.131. The van der Waals surface area contributed by atoms with Crippen LogP contribution in [0, 0.1) is 5.92 Å². The molecule has 7 aromatic rings. The molecule has 270 valence electrons. The first-order valence-corrected chi connectivity index (χ1v) is 18.7. The van der Waals surface area contributed by atoms with Gasteiger partial charge in [0.1, 0.15) is 5.69 Å². The molecule has 0 aliphatic carbocycles. The SMILES string of the molecule is CC1C(CSc2nnnn2-c2ccccc2)OC(c2ccc(-c3cccc(CNC(=O)c4cnc5ccccc5n4)c3)cc2)OC1c1ccc(CO)cc1. The lowest BCUT2D eigenvalue weighted by molar-refractivity contribution is -0.268. The van der Waals surface area contributed by atoms with Crippen LogP contribution in [0.5, 0.6) is 0 Å². The first-order chi connectivity index (χ1) is 26.5. The molecule has 2 N–H and O–H groups in total. The minimum Gasteiger partial charge on any atom is -0.392 e. The minimum atomic E-state index is -0.617. The van der Waals surface area contributed by atoms with Crippen molar-refractivity contribution in [1.82, 2.24) is 35.5 Å². The van der Waals surface area contributed by atoms with Crippen LogP contribution in [0.2, 0.25) is 0 Å². The van der Waals surface area contributed by atoms with Crippen LogP contribution in [-0.4, -0.2) is 53.0 Å². The Morgan fingerprint density at radius 2 is 1.57 bits per heavy atom. The fourth-order valence-corrected chi connectivity index (χ4v) is 7.55. The molecule has 11 nitrogen and oxygen atoms in total. The highest BCUT2D eigenvalue weighted by atomic mass is 32.2. The molecule has 4 atom stereocenters. The second-order valence-corrected chi connectivity index (χ2v) is 14.1. The smallest absolute Gasteiger partial charge is 0.271 e. The Balaban J connectivity index is 0.978. The Morgan fingerprint density at radius 1 is 0.815 bits per heavy atom. The molecule has 1 aliphatic heterocycles. The molecular formula is C42H37N7O4S. The fraction of sp³-hybridized carbons (Fsp3) is 0.190. The van der Waals surface area contributed by atoms with Crippen molar-refractivity contribution in [3.63, 3.8) is 0 Å². The molecule has 4 unspecified atom stereocenters. The van der Waals surface area contributed by atoms with Gasteiger partial charge in [-0.15, -0.1) is 5.10 Å². The molecule has 1 amide bonds. The summed E-state index contributed by atoms with van der Waals surface area (Å²) in [7, 11) is 0. The highest BCUT2D eigenvalue weighted by Gasteiger charge is 2.38. The van der Waals surface area contributed by atoms with Gasteiger partial charge in [0.15, 0.2) is 6.29 Å². The standard InChI is InChI=1S/C42H37N7O4S/c1-27-38(26-54-42-46-47-48-49(42)34-10-3-2-4-11-34)52-41(53-39(27)31-16-14-28(25-50)15-17-31)32-20-18-30(19-21-32)33-9-7-8-29(22-33)23-44-40(51)37-24-43-35-12-5-6-13-36(35)45-37/h2-22,24,27,38-39,41,50H,23,25-26H2,1H3,(H,44,51). The Kier molecular flexibility index (Phi) is 10.5. The van der Waals surface area contributed by atoms with E-state index in [1.54, 1.807) is 16.4 Å². The van der Waals surface area contributed by atoms with E-state index in [1.807, 2.05) is 109 Å². The largest absolute Gasteiger partial charge is 0.392 e. The number of thioether (sulfide) groups is 1. The van der Waals surface area contributed by atoms with Gasteiger partial charge in [-0.05, 0) is 68.6 Å². The second kappa shape index (κ2) is 16.1. The van der Waals surface area contributed by atoms with Crippen molar-refractivity contribution in [3.8, 4) is 16.8 Å². The number of nitrogens with one attached hydrogen (secondary N) is 1. The van der Waals surface area contributed by atoms with Crippen LogP contribution in [0.1, 0.15) is 52.1 Å². The summed E-state index contributed by atoms with van der Waals surface area (Å²) in [6, 6.07) is 41.5. The van der Waals surface area contributed by atoms with Gasteiger partial charge in [0, 0.05) is 23.8 Å². The van der Waals surface area contributed by atoms with Crippen LogP contribution in [-0.2, 0) is 22.6 Å². The van der Waals surface area contributed by atoms with Crippen LogP contribution in [0.25, 0.3) is 27.8 Å². The zero-order chi connectivity index (χ0) is 36.9. The van der Waals surface area contributed by atoms with E-state index < -0.39 is 6.29 Å². The first kappa shape index (κ1) is 35.3. The van der Waals surface area contributed by atoms with E-state index in [0.717, 1.165) is 44.6 Å². The molecule has 54 heavy (non-hydrogen) atoms. The maximum absolute atomic E-state index is 12.9. The third-order valence-corrected chi connectivity index (χ3v) is 10.5. The number of carbonyl (C=O) groups is 1. The lowest BCUT2D eigenvalue weighted by Gasteiger charge is -2.41. The number of tetrazole rings is 1. The highest BCUT2D eigenvalue weighted by molar-refractivity contribution is 7.99. The number of aliphatic hydroxyl groups is 1. The molecule has 1 saturated heterocycles. The first-order valence-electron chi connectivity index (χ1n) is 17.7. The predicted octanol–water partition coefficient (Wildman–Crippen LogP) is 7.28. The van der Waals surface area contributed by atoms with E-state index in [2.05, 4.69) is 55.9 Å². The van der Waals surface area contributed by atoms with Gasteiger partial charge in [-0.1, -0.05) is 116 Å². The number of amides is 1. The Bertz CT molecular complexity index is 2360. The summed E-state index contributed by atoms with van der Waals surface area (Å²) in [5, 5.41) is 25.7. The van der Waals surface area contributed by atoms with Gasteiger partial charge in [-0.2, -0.15) is 4.68 Å². The van der Waals surface area contributed by atoms with E-state index in [0.29, 0.717) is 23.0 Å². The van der Waals surface area contributed by atoms with Crippen LogP contribution < -0.4 is 5.32 Å². The number of ether oxygens (including phenoxy) is 2. The van der Waals surface area contributed by atoms with E-state index in [9.17, 15) is 9.90 Å². The maximum Gasteiger partial charge on any atom is 0.271 e. The summed E-state index contributed by atoms with van der Waals surface area (Å²) < 4.78 is 15.1. The van der Waals surface area contributed by atoms with Crippen LogP contribution >= 0.6 is 11.8 Å². The van der Waals surface area contributed by atoms with Gasteiger partial charge < -0.3 is 19.9 Å². The molecule has 0 radical (unpaired) electrons. The Hall–Kier alpha value is -5.79. The van der Waals surface area contributed by atoms with Gasteiger partial charge >= 0.3 is 0 Å². The Labute approximate surface area is 316 Å². The van der Waals surface area contributed by atoms with Crippen LogP contribution in [0.15, 0.2) is 139 Å². The third-order valence-electron chi connectivity index (χ3n) is 9.52. The minimum absolute atomic E-state index is 0.00515. The molecule has 3 heterocycles. The van der Waals surface area contributed by atoms with Gasteiger partial charge in [0.2, 0.25) is 5.16 Å². The molecule has 0 saturated carbocycles. The molecule has 1 aliphatic rings. The van der Waals surface area contributed by atoms with E-state index in [1.165, 1.54) is 6.20 Å². The van der Waals surface area contributed by atoms with E-state index >= 15 is 0 Å². The molecule has 8 rings (SSSR count). The average molecular weight is 736 g/mol. The number of aliphatic hydroxyl groups excluding tert-OH is 1. The summed E-state index contributed by atoms with van der Waals surface area (Å²) >= 11 is 1.55. The lowest BCUT2D eigenvalue weighted by Crippen LogP contribution is -2.38. The number of fused-ring (bicyclic) bond motifs is 1. The maximum atomic E-state index is 12.9. The van der Waals surface area contributed by atoms with Crippen LogP contribution in [0.4, 0.5) is 0 Å². The number of carbonyl (C=O) groups excluding carboxylic acids is 1. The molecule has 0 spiro atoms. The van der Waals surface area contributed by atoms with E-state index in [-0.39, 0.29) is 36.3 Å². The second-order valence-electron chi connectivity index (χ2n) is 13.1. The molecule has 2 aromatic heterocycles. The Morgan fingerprint density at radius 3 is 2.37 bits per heavy atom.